The van der Waals surface area contributed by atoms with Gasteiger partial charge in [0, 0.05) is 12.6 Å². The summed E-state index contributed by atoms with van der Waals surface area (Å²) in [6.45, 7) is 14.1. The molecule has 0 saturated carbocycles. The van der Waals surface area contributed by atoms with Gasteiger partial charge >= 0.3 is 6.09 Å². The van der Waals surface area contributed by atoms with Gasteiger partial charge in [-0.2, -0.15) is 0 Å². The number of rotatable bonds is 5. The molecule has 0 aromatic heterocycles. The van der Waals surface area contributed by atoms with Crippen molar-refractivity contribution >= 4 is 11.9 Å². The highest BCUT2D eigenvalue weighted by atomic mass is 16.6. The SMILES string of the molecule is CC(C)CCCC(C)NC1=NCCN(C(=O)OC(C)(C)C)C1. The van der Waals surface area contributed by atoms with Gasteiger partial charge in [0.15, 0.2) is 0 Å². The van der Waals surface area contributed by atoms with Gasteiger partial charge in [0.2, 0.25) is 0 Å². The molecule has 1 heterocycles. The third-order valence-corrected chi connectivity index (χ3v) is 3.50. The van der Waals surface area contributed by atoms with Crippen LogP contribution in [0.1, 0.15) is 60.8 Å². The molecule has 22 heavy (non-hydrogen) atoms. The summed E-state index contributed by atoms with van der Waals surface area (Å²) in [5.41, 5.74) is -0.455. The first-order valence-electron chi connectivity index (χ1n) is 8.45. The number of ether oxygens (including phenoxy) is 1. The number of carbonyl (C=O) groups is 1. The van der Waals surface area contributed by atoms with Gasteiger partial charge in [-0.1, -0.05) is 26.7 Å². The van der Waals surface area contributed by atoms with E-state index in [9.17, 15) is 4.79 Å². The summed E-state index contributed by atoms with van der Waals surface area (Å²) in [7, 11) is 0. The van der Waals surface area contributed by atoms with Crippen LogP contribution < -0.4 is 5.32 Å². The van der Waals surface area contributed by atoms with E-state index in [0.29, 0.717) is 25.7 Å². The van der Waals surface area contributed by atoms with E-state index in [1.54, 1.807) is 4.90 Å². The second-order valence-electron chi connectivity index (χ2n) is 7.60. The second kappa shape index (κ2) is 8.39. The molecule has 1 amide bonds. The Morgan fingerprint density at radius 1 is 1.32 bits per heavy atom. The van der Waals surface area contributed by atoms with Crippen molar-refractivity contribution in [3.8, 4) is 0 Å². The minimum Gasteiger partial charge on any atom is -0.444 e. The maximum atomic E-state index is 12.1. The van der Waals surface area contributed by atoms with E-state index in [2.05, 4.69) is 31.1 Å². The van der Waals surface area contributed by atoms with Crippen molar-refractivity contribution in [1.29, 1.82) is 0 Å². The standard InChI is InChI=1S/C17H33N3O2/c1-13(2)8-7-9-14(3)19-15-12-20(11-10-18-15)16(21)22-17(4,5)6/h13-14H,7-12H2,1-6H3,(H,18,19). The zero-order valence-corrected chi connectivity index (χ0v) is 15.1. The first-order chi connectivity index (χ1) is 10.2. The monoisotopic (exact) mass is 311 g/mol. The molecule has 0 saturated heterocycles. The highest BCUT2D eigenvalue weighted by molar-refractivity contribution is 5.88. The highest BCUT2D eigenvalue weighted by Gasteiger charge is 2.25. The average molecular weight is 311 g/mol. The van der Waals surface area contributed by atoms with Gasteiger partial charge in [-0.3, -0.25) is 9.89 Å². The van der Waals surface area contributed by atoms with E-state index in [-0.39, 0.29) is 6.09 Å². The fourth-order valence-electron chi connectivity index (χ4n) is 2.38. The molecule has 0 aliphatic carbocycles. The molecule has 0 radical (unpaired) electrons. The lowest BCUT2D eigenvalue weighted by Gasteiger charge is -2.30. The molecule has 1 aliphatic heterocycles. The van der Waals surface area contributed by atoms with Crippen LogP contribution in [0.15, 0.2) is 4.99 Å². The van der Waals surface area contributed by atoms with Gasteiger partial charge in [0.1, 0.15) is 11.4 Å². The van der Waals surface area contributed by atoms with Crippen LogP contribution in [0, 0.1) is 5.92 Å². The van der Waals surface area contributed by atoms with Crippen molar-refractivity contribution in [3.63, 3.8) is 0 Å². The van der Waals surface area contributed by atoms with E-state index in [0.717, 1.165) is 18.2 Å². The lowest BCUT2D eigenvalue weighted by molar-refractivity contribution is 0.0276. The van der Waals surface area contributed by atoms with E-state index in [4.69, 9.17) is 4.74 Å². The number of carbonyl (C=O) groups excluding carboxylic acids is 1. The molecule has 0 aromatic carbocycles. The fourth-order valence-corrected chi connectivity index (χ4v) is 2.38. The summed E-state index contributed by atoms with van der Waals surface area (Å²) in [6, 6.07) is 0.385. The number of amides is 1. The Bertz CT molecular complexity index is 386. The lowest BCUT2D eigenvalue weighted by Crippen LogP contribution is -2.48. The molecule has 0 aromatic rings. The Morgan fingerprint density at radius 2 is 2.00 bits per heavy atom. The maximum Gasteiger partial charge on any atom is 0.410 e. The molecule has 1 atom stereocenters. The summed E-state index contributed by atoms with van der Waals surface area (Å²) < 4.78 is 5.43. The number of hydrogen-bond donors (Lipinski definition) is 1. The summed E-state index contributed by atoms with van der Waals surface area (Å²) in [5.74, 6) is 1.65. The predicted molar refractivity (Wildman–Crippen MR) is 91.4 cm³/mol. The minimum absolute atomic E-state index is 0.255. The van der Waals surface area contributed by atoms with Crippen LogP contribution in [-0.4, -0.2) is 48.1 Å². The lowest BCUT2D eigenvalue weighted by atomic mass is 10.0. The van der Waals surface area contributed by atoms with E-state index in [1.807, 2.05) is 20.8 Å². The van der Waals surface area contributed by atoms with Gasteiger partial charge < -0.3 is 10.1 Å². The second-order valence-corrected chi connectivity index (χ2v) is 7.60. The topological polar surface area (TPSA) is 53.9 Å². The zero-order valence-electron chi connectivity index (χ0n) is 15.1. The average Bonchev–Trinajstić information content (AvgIpc) is 2.36. The summed E-state index contributed by atoms with van der Waals surface area (Å²) in [5, 5.41) is 3.44. The van der Waals surface area contributed by atoms with Crippen LogP contribution in [-0.2, 0) is 4.74 Å². The first-order valence-corrected chi connectivity index (χ1v) is 8.45. The molecule has 0 spiro atoms. The maximum absolute atomic E-state index is 12.1. The van der Waals surface area contributed by atoms with Crippen LogP contribution in [0.25, 0.3) is 0 Å². The molecule has 0 bridgehead atoms. The highest BCUT2D eigenvalue weighted by Crippen LogP contribution is 2.12. The molecule has 0 fully saturated rings. The molecule has 5 heteroatoms. The Kier molecular flexibility index (Phi) is 7.17. The first kappa shape index (κ1) is 18.8. The van der Waals surface area contributed by atoms with Crippen molar-refractivity contribution in [3.05, 3.63) is 0 Å². The van der Waals surface area contributed by atoms with Crippen molar-refractivity contribution in [2.45, 2.75) is 72.4 Å². The molecule has 1 unspecified atom stereocenters. The van der Waals surface area contributed by atoms with E-state index < -0.39 is 5.60 Å². The number of amidine groups is 1. The third-order valence-electron chi connectivity index (χ3n) is 3.50. The molecule has 1 aliphatic rings. The molecule has 1 rings (SSSR count). The molecular formula is C17H33N3O2. The number of hydrogen-bond acceptors (Lipinski definition) is 4. The van der Waals surface area contributed by atoms with Crippen molar-refractivity contribution in [2.24, 2.45) is 10.9 Å². The molecular weight excluding hydrogens is 278 g/mol. The Morgan fingerprint density at radius 3 is 2.59 bits per heavy atom. The van der Waals surface area contributed by atoms with Gasteiger partial charge in [0.25, 0.3) is 0 Å². The minimum atomic E-state index is -0.455. The predicted octanol–water partition coefficient (Wildman–Crippen LogP) is 3.44. The van der Waals surface area contributed by atoms with Crippen LogP contribution >= 0.6 is 0 Å². The van der Waals surface area contributed by atoms with Crippen LogP contribution in [0.2, 0.25) is 0 Å². The summed E-state index contributed by atoms with van der Waals surface area (Å²) in [6.07, 6.45) is 3.34. The number of nitrogens with one attached hydrogen (secondary N) is 1. The van der Waals surface area contributed by atoms with Gasteiger partial charge in [-0.15, -0.1) is 0 Å². The van der Waals surface area contributed by atoms with Crippen molar-refractivity contribution in [2.75, 3.05) is 19.6 Å². The zero-order chi connectivity index (χ0) is 16.8. The molecule has 5 nitrogen and oxygen atoms in total. The van der Waals surface area contributed by atoms with Crippen LogP contribution in [0.3, 0.4) is 0 Å². The number of nitrogens with zero attached hydrogens (tertiary/aromatic N) is 2. The largest absolute Gasteiger partial charge is 0.444 e. The Balaban J connectivity index is 2.39. The number of aliphatic imine (C=N–C) groups is 1. The van der Waals surface area contributed by atoms with Gasteiger partial charge in [0.05, 0.1) is 13.1 Å². The van der Waals surface area contributed by atoms with E-state index in [1.165, 1.54) is 12.8 Å². The Hall–Kier alpha value is -1.26. The van der Waals surface area contributed by atoms with Gasteiger partial charge in [-0.05, 0) is 40.0 Å². The van der Waals surface area contributed by atoms with Crippen LogP contribution in [0.5, 0.6) is 0 Å². The molecule has 128 valence electrons. The van der Waals surface area contributed by atoms with Crippen molar-refractivity contribution < 1.29 is 9.53 Å². The Labute approximate surface area is 135 Å². The summed E-state index contributed by atoms with van der Waals surface area (Å²) in [4.78, 5) is 18.3. The normalized spacial score (nSPS) is 17.2. The van der Waals surface area contributed by atoms with Gasteiger partial charge in [-0.25, -0.2) is 4.79 Å². The quantitative estimate of drug-likeness (QED) is 0.846. The fraction of sp³-hybridized carbons (Fsp3) is 0.882. The van der Waals surface area contributed by atoms with Crippen LogP contribution in [0.4, 0.5) is 4.79 Å². The molecule has 1 N–H and O–H groups in total. The summed E-state index contributed by atoms with van der Waals surface area (Å²) >= 11 is 0. The van der Waals surface area contributed by atoms with Crippen molar-refractivity contribution in [1.82, 2.24) is 10.2 Å². The third kappa shape index (κ3) is 7.66. The van der Waals surface area contributed by atoms with E-state index >= 15 is 0 Å². The smallest absolute Gasteiger partial charge is 0.410 e.